The van der Waals surface area contributed by atoms with E-state index in [2.05, 4.69) is 4.90 Å². The van der Waals surface area contributed by atoms with E-state index in [-0.39, 0.29) is 11.9 Å². The standard InChI is InChI=1S/C17H17ClN2OS3/c1-19-12-9-10(18)7-8-13(12)23-16(19)14-15(21)20(17(22)24-14)11-5-3-2-4-6-11/h7-9,11H,2-6H2,1H3/b16-14-. The molecule has 0 spiro atoms. The zero-order chi connectivity index (χ0) is 16.8. The summed E-state index contributed by atoms with van der Waals surface area (Å²) in [5.41, 5.74) is 1.05. The van der Waals surface area contributed by atoms with E-state index in [0.717, 1.165) is 33.4 Å². The molecule has 1 saturated heterocycles. The molecular formula is C17H17ClN2OS3. The number of carbonyl (C=O) groups excluding carboxylic acids is 1. The maximum absolute atomic E-state index is 13.1. The van der Waals surface area contributed by atoms with E-state index in [1.165, 1.54) is 31.0 Å². The fourth-order valence-electron chi connectivity index (χ4n) is 3.48. The minimum atomic E-state index is 0.0742. The monoisotopic (exact) mass is 396 g/mol. The lowest BCUT2D eigenvalue weighted by molar-refractivity contribution is -0.124. The zero-order valence-corrected chi connectivity index (χ0v) is 16.5. The first-order valence-electron chi connectivity index (χ1n) is 8.07. The molecule has 2 fully saturated rings. The highest BCUT2D eigenvalue weighted by atomic mass is 35.5. The summed E-state index contributed by atoms with van der Waals surface area (Å²) < 4.78 is 0.706. The molecule has 7 heteroatoms. The lowest BCUT2D eigenvalue weighted by atomic mass is 9.94. The van der Waals surface area contributed by atoms with Gasteiger partial charge in [-0.25, -0.2) is 0 Å². The number of halogens is 1. The Balaban J connectivity index is 1.66. The highest BCUT2D eigenvalue weighted by Crippen LogP contribution is 2.51. The van der Waals surface area contributed by atoms with Crippen LogP contribution in [0.2, 0.25) is 5.02 Å². The van der Waals surface area contributed by atoms with Crippen molar-refractivity contribution < 1.29 is 4.79 Å². The van der Waals surface area contributed by atoms with Crippen molar-refractivity contribution in [3.05, 3.63) is 33.2 Å². The summed E-state index contributed by atoms with van der Waals surface area (Å²) in [7, 11) is 1.98. The molecule has 1 aromatic carbocycles. The quantitative estimate of drug-likeness (QED) is 0.477. The molecule has 1 aromatic rings. The van der Waals surface area contributed by atoms with E-state index in [1.54, 1.807) is 11.8 Å². The van der Waals surface area contributed by atoms with E-state index in [4.69, 9.17) is 23.8 Å². The third-order valence-electron chi connectivity index (χ3n) is 4.73. The second-order valence-electron chi connectivity index (χ2n) is 6.24. The summed E-state index contributed by atoms with van der Waals surface area (Å²) in [6, 6.07) is 6.11. The van der Waals surface area contributed by atoms with E-state index in [9.17, 15) is 4.79 Å². The average Bonchev–Trinajstić information content (AvgIpc) is 3.05. The first kappa shape index (κ1) is 16.8. The van der Waals surface area contributed by atoms with E-state index < -0.39 is 0 Å². The van der Waals surface area contributed by atoms with Gasteiger partial charge in [-0.05, 0) is 31.0 Å². The molecule has 3 nitrogen and oxygen atoms in total. The van der Waals surface area contributed by atoms with Gasteiger partial charge in [-0.3, -0.25) is 9.69 Å². The number of rotatable bonds is 1. The minimum Gasteiger partial charge on any atom is -0.337 e. The van der Waals surface area contributed by atoms with Gasteiger partial charge in [-0.15, -0.1) is 0 Å². The highest BCUT2D eigenvalue weighted by Gasteiger charge is 2.41. The Bertz CT molecular complexity index is 758. The molecule has 0 N–H and O–H groups in total. The van der Waals surface area contributed by atoms with E-state index >= 15 is 0 Å². The topological polar surface area (TPSA) is 23.6 Å². The van der Waals surface area contributed by atoms with Crippen molar-refractivity contribution >= 4 is 63.3 Å². The van der Waals surface area contributed by atoms with Crippen LogP contribution in [0, 0.1) is 0 Å². The smallest absolute Gasteiger partial charge is 0.269 e. The number of hydrogen-bond acceptors (Lipinski definition) is 5. The molecule has 0 atom stereocenters. The van der Waals surface area contributed by atoms with Gasteiger partial charge in [0, 0.05) is 23.0 Å². The fourth-order valence-corrected chi connectivity index (χ4v) is 6.35. The van der Waals surface area contributed by atoms with Gasteiger partial charge in [-0.1, -0.05) is 66.6 Å². The maximum Gasteiger partial charge on any atom is 0.269 e. The highest BCUT2D eigenvalue weighted by molar-refractivity contribution is 8.27. The number of thiocarbonyl (C=S) groups is 1. The summed E-state index contributed by atoms with van der Waals surface area (Å²) >= 11 is 14.7. The summed E-state index contributed by atoms with van der Waals surface area (Å²) in [5, 5.41) is 1.67. The molecule has 4 rings (SSSR count). The Morgan fingerprint density at radius 3 is 2.71 bits per heavy atom. The van der Waals surface area contributed by atoms with Gasteiger partial charge in [-0.2, -0.15) is 0 Å². The minimum absolute atomic E-state index is 0.0742. The number of thioether (sulfide) groups is 2. The van der Waals surface area contributed by atoms with Gasteiger partial charge < -0.3 is 4.90 Å². The Morgan fingerprint density at radius 2 is 1.96 bits per heavy atom. The predicted molar refractivity (Wildman–Crippen MR) is 107 cm³/mol. The molecule has 0 bridgehead atoms. The van der Waals surface area contributed by atoms with Crippen LogP contribution < -0.4 is 4.90 Å². The lowest BCUT2D eigenvalue weighted by Crippen LogP contribution is -2.40. The molecule has 2 heterocycles. The number of benzene rings is 1. The maximum atomic E-state index is 13.1. The lowest BCUT2D eigenvalue weighted by Gasteiger charge is -2.30. The first-order valence-corrected chi connectivity index (χ1v) is 10.5. The third-order valence-corrected chi connectivity index (χ3v) is 7.72. The second-order valence-corrected chi connectivity index (χ2v) is 9.35. The molecule has 1 amide bonds. The molecule has 1 saturated carbocycles. The summed E-state index contributed by atoms with van der Waals surface area (Å²) in [6.45, 7) is 0. The normalized spacial score (nSPS) is 24.9. The molecule has 24 heavy (non-hydrogen) atoms. The van der Waals surface area contributed by atoms with Crippen molar-refractivity contribution in [2.45, 2.75) is 43.0 Å². The van der Waals surface area contributed by atoms with Crippen molar-refractivity contribution in [1.29, 1.82) is 0 Å². The Labute approximate surface area is 160 Å². The van der Waals surface area contributed by atoms with Crippen molar-refractivity contribution in [1.82, 2.24) is 4.90 Å². The predicted octanol–water partition coefficient (Wildman–Crippen LogP) is 5.24. The van der Waals surface area contributed by atoms with Crippen LogP contribution >= 0.6 is 47.3 Å². The molecule has 1 aliphatic carbocycles. The molecule has 3 aliphatic rings. The number of amides is 1. The van der Waals surface area contributed by atoms with Gasteiger partial charge in [0.25, 0.3) is 5.91 Å². The average molecular weight is 397 g/mol. The number of nitrogens with zero attached hydrogens (tertiary/aromatic N) is 2. The van der Waals surface area contributed by atoms with Gasteiger partial charge in [0.15, 0.2) is 0 Å². The van der Waals surface area contributed by atoms with Gasteiger partial charge in [0.2, 0.25) is 0 Å². The largest absolute Gasteiger partial charge is 0.337 e. The van der Waals surface area contributed by atoms with Gasteiger partial charge in [0.05, 0.1) is 10.7 Å². The molecule has 0 aromatic heterocycles. The number of hydrogen-bond donors (Lipinski definition) is 0. The first-order chi connectivity index (χ1) is 11.6. The van der Waals surface area contributed by atoms with Gasteiger partial charge in [0.1, 0.15) is 9.23 Å². The summed E-state index contributed by atoms with van der Waals surface area (Å²) in [4.78, 5) is 18.9. The van der Waals surface area contributed by atoms with Crippen LogP contribution in [0.5, 0.6) is 0 Å². The number of anilines is 1. The van der Waals surface area contributed by atoms with Crippen LogP contribution in [0.4, 0.5) is 5.69 Å². The fraction of sp³-hybridized carbons (Fsp3) is 0.412. The van der Waals surface area contributed by atoms with Crippen LogP contribution in [-0.4, -0.2) is 28.2 Å². The van der Waals surface area contributed by atoms with E-state index in [0.29, 0.717) is 9.34 Å². The van der Waals surface area contributed by atoms with Crippen molar-refractivity contribution in [3.8, 4) is 0 Å². The SMILES string of the molecule is CN1/C(=C2/SC(=S)N(C3CCCCC3)C2=O)Sc2ccc(Cl)cc21. The summed E-state index contributed by atoms with van der Waals surface area (Å²) in [5.74, 6) is 0.0742. The molecular weight excluding hydrogens is 380 g/mol. The van der Waals surface area contributed by atoms with Crippen LogP contribution in [-0.2, 0) is 4.79 Å². The number of carbonyl (C=O) groups is 1. The van der Waals surface area contributed by atoms with Crippen molar-refractivity contribution in [3.63, 3.8) is 0 Å². The Hall–Kier alpha value is -0.690. The van der Waals surface area contributed by atoms with Gasteiger partial charge >= 0.3 is 0 Å². The Kier molecular flexibility index (Phi) is 4.58. The Morgan fingerprint density at radius 1 is 1.21 bits per heavy atom. The molecule has 126 valence electrons. The zero-order valence-electron chi connectivity index (χ0n) is 13.3. The third kappa shape index (κ3) is 2.77. The molecule has 2 aliphatic heterocycles. The van der Waals surface area contributed by atoms with Crippen LogP contribution in [0.3, 0.4) is 0 Å². The van der Waals surface area contributed by atoms with Crippen LogP contribution in [0.1, 0.15) is 32.1 Å². The number of fused-ring (bicyclic) bond motifs is 1. The van der Waals surface area contributed by atoms with Crippen molar-refractivity contribution in [2.24, 2.45) is 0 Å². The molecule has 0 unspecified atom stereocenters. The van der Waals surface area contributed by atoms with Crippen LogP contribution in [0.15, 0.2) is 33.0 Å². The van der Waals surface area contributed by atoms with Crippen molar-refractivity contribution in [2.75, 3.05) is 11.9 Å². The van der Waals surface area contributed by atoms with Crippen LogP contribution in [0.25, 0.3) is 0 Å². The molecule has 0 radical (unpaired) electrons. The second kappa shape index (κ2) is 6.56. The summed E-state index contributed by atoms with van der Waals surface area (Å²) in [6.07, 6.45) is 5.77. The van der Waals surface area contributed by atoms with E-state index in [1.807, 2.05) is 30.1 Å².